The molecule has 4 heteroatoms. The molecule has 0 atom stereocenters. The molecule has 0 unspecified atom stereocenters. The molecular weight excluding hydrogens is 161 g/mol. The fourth-order valence-corrected chi connectivity index (χ4v) is 0.949. The number of hydrogen-bond acceptors (Lipinski definition) is 2. The summed E-state index contributed by atoms with van der Waals surface area (Å²) in [5.74, 6) is 1.43. The highest BCUT2D eigenvalue weighted by Gasteiger charge is 2.44. The van der Waals surface area contributed by atoms with Crippen molar-refractivity contribution in [1.29, 1.82) is 0 Å². The fourth-order valence-electron chi connectivity index (χ4n) is 0.949. The summed E-state index contributed by atoms with van der Waals surface area (Å²) >= 11 is 0. The number of alkyl halides is 1. The molecule has 0 heterocycles. The monoisotopic (exact) mass is 171 g/mol. The zero-order chi connectivity index (χ0) is 9.03. The Morgan fingerprint density at radius 2 is 2.42 bits per heavy atom. The van der Waals surface area contributed by atoms with Crippen LogP contribution in [0.5, 0.6) is 0 Å². The summed E-state index contributed by atoms with van der Waals surface area (Å²) in [5.41, 5.74) is 0.256. The van der Waals surface area contributed by atoms with Gasteiger partial charge in [-0.1, -0.05) is 5.92 Å². The third-order valence-corrected chi connectivity index (χ3v) is 1.87. The molecule has 1 saturated carbocycles. The lowest BCUT2D eigenvalue weighted by atomic mass is 9.81. The third-order valence-electron chi connectivity index (χ3n) is 1.87. The molecular formula is C8H10FNO2. The maximum Gasteiger partial charge on any atom is 0.281 e. The van der Waals surface area contributed by atoms with Crippen LogP contribution in [0.1, 0.15) is 19.3 Å². The van der Waals surface area contributed by atoms with E-state index in [2.05, 4.69) is 10.8 Å². The fraction of sp³-hybridized carbons (Fsp3) is 0.625. The lowest BCUT2D eigenvalue weighted by Gasteiger charge is -2.31. The summed E-state index contributed by atoms with van der Waals surface area (Å²) in [7, 11) is 0. The van der Waals surface area contributed by atoms with E-state index < -0.39 is 11.6 Å². The molecule has 0 saturated heterocycles. The molecule has 0 aromatic rings. The quantitative estimate of drug-likeness (QED) is 0.383. The minimum Gasteiger partial charge on any atom is -0.269 e. The second-order valence-corrected chi connectivity index (χ2v) is 2.74. The van der Waals surface area contributed by atoms with Gasteiger partial charge in [-0.2, -0.15) is 0 Å². The number of carbonyl (C=O) groups is 1. The summed E-state index contributed by atoms with van der Waals surface area (Å²) in [6.45, 7) is -0.0399. The molecule has 1 aliphatic carbocycles. The third kappa shape index (κ3) is 1.74. The molecule has 0 aromatic carbocycles. The molecule has 0 radical (unpaired) electrons. The standard InChI is InChI=1S/C8H10FNO2/c1-2-6-12-10-7(11)8(9)4-3-5-8/h1H,3-6H2,(H,10,11). The van der Waals surface area contributed by atoms with Gasteiger partial charge >= 0.3 is 0 Å². The van der Waals surface area contributed by atoms with Crippen molar-refractivity contribution in [3.05, 3.63) is 0 Å². The first-order valence-corrected chi connectivity index (χ1v) is 3.74. The largest absolute Gasteiger partial charge is 0.281 e. The lowest BCUT2D eigenvalue weighted by Crippen LogP contribution is -2.48. The predicted molar refractivity (Wildman–Crippen MR) is 40.6 cm³/mol. The topological polar surface area (TPSA) is 38.3 Å². The van der Waals surface area contributed by atoms with Gasteiger partial charge in [-0.25, -0.2) is 9.87 Å². The predicted octanol–water partition coefficient (Wildman–Crippen LogP) is 0.560. The Hall–Kier alpha value is -1.08. The zero-order valence-electron chi connectivity index (χ0n) is 6.60. The Balaban J connectivity index is 2.24. The van der Waals surface area contributed by atoms with Crippen LogP contribution in [0.25, 0.3) is 0 Å². The Bertz CT molecular complexity index is 218. The second kappa shape index (κ2) is 3.55. The van der Waals surface area contributed by atoms with E-state index in [0.717, 1.165) is 6.42 Å². The maximum atomic E-state index is 13.2. The van der Waals surface area contributed by atoms with E-state index in [9.17, 15) is 9.18 Å². The first kappa shape index (κ1) is 9.01. The van der Waals surface area contributed by atoms with E-state index in [0.29, 0.717) is 0 Å². The van der Waals surface area contributed by atoms with Crippen LogP contribution < -0.4 is 5.48 Å². The number of rotatable bonds is 3. The van der Waals surface area contributed by atoms with Crippen molar-refractivity contribution in [2.45, 2.75) is 24.9 Å². The van der Waals surface area contributed by atoms with Gasteiger partial charge in [-0.3, -0.25) is 9.63 Å². The van der Waals surface area contributed by atoms with Gasteiger partial charge in [0, 0.05) is 0 Å². The molecule has 0 aliphatic heterocycles. The summed E-state index contributed by atoms with van der Waals surface area (Å²) in [5, 5.41) is 0. The van der Waals surface area contributed by atoms with Crippen molar-refractivity contribution in [3.8, 4) is 12.3 Å². The van der Waals surface area contributed by atoms with Gasteiger partial charge in [0.2, 0.25) is 0 Å². The first-order chi connectivity index (χ1) is 5.69. The molecule has 0 aromatic heterocycles. The van der Waals surface area contributed by atoms with Gasteiger partial charge in [0.15, 0.2) is 5.67 Å². The van der Waals surface area contributed by atoms with Crippen LogP contribution in [0.2, 0.25) is 0 Å². The van der Waals surface area contributed by atoms with E-state index in [1.54, 1.807) is 0 Å². The molecule has 0 spiro atoms. The van der Waals surface area contributed by atoms with E-state index in [1.165, 1.54) is 0 Å². The van der Waals surface area contributed by atoms with Crippen molar-refractivity contribution >= 4 is 5.91 Å². The van der Waals surface area contributed by atoms with Gasteiger partial charge in [0.05, 0.1) is 0 Å². The Labute approximate surface area is 70.2 Å². The number of terminal acetylenes is 1. The van der Waals surface area contributed by atoms with E-state index >= 15 is 0 Å². The highest BCUT2D eigenvalue weighted by atomic mass is 19.1. The zero-order valence-corrected chi connectivity index (χ0v) is 6.60. The summed E-state index contributed by atoms with van der Waals surface area (Å²) in [6, 6.07) is 0. The molecule has 1 rings (SSSR count). The Kier molecular flexibility index (Phi) is 2.66. The van der Waals surface area contributed by atoms with Crippen molar-refractivity contribution in [1.82, 2.24) is 5.48 Å². The van der Waals surface area contributed by atoms with Crippen LogP contribution in [-0.4, -0.2) is 18.2 Å². The SMILES string of the molecule is C#CCONC(=O)C1(F)CCC1. The Morgan fingerprint density at radius 1 is 1.75 bits per heavy atom. The summed E-state index contributed by atoms with van der Waals surface area (Å²) in [6.07, 6.45) is 6.15. The second-order valence-electron chi connectivity index (χ2n) is 2.74. The van der Waals surface area contributed by atoms with Crippen LogP contribution in [0.4, 0.5) is 4.39 Å². The van der Waals surface area contributed by atoms with Crippen LogP contribution in [0, 0.1) is 12.3 Å². The molecule has 1 fully saturated rings. The van der Waals surface area contributed by atoms with E-state index in [-0.39, 0.29) is 19.4 Å². The summed E-state index contributed by atoms with van der Waals surface area (Å²) in [4.78, 5) is 15.4. The average Bonchev–Trinajstić information content (AvgIpc) is 2.00. The minimum atomic E-state index is -1.71. The van der Waals surface area contributed by atoms with Gasteiger partial charge < -0.3 is 0 Å². The molecule has 0 bridgehead atoms. The van der Waals surface area contributed by atoms with Gasteiger partial charge in [-0.05, 0) is 19.3 Å². The van der Waals surface area contributed by atoms with Gasteiger partial charge in [0.25, 0.3) is 5.91 Å². The van der Waals surface area contributed by atoms with Crippen molar-refractivity contribution in [2.24, 2.45) is 0 Å². The summed E-state index contributed by atoms with van der Waals surface area (Å²) < 4.78 is 13.2. The number of carbonyl (C=O) groups excluding carboxylic acids is 1. The van der Waals surface area contributed by atoms with Gasteiger partial charge in [0.1, 0.15) is 6.61 Å². The number of hydrogen-bond donors (Lipinski definition) is 1. The van der Waals surface area contributed by atoms with E-state index in [1.807, 2.05) is 5.48 Å². The normalized spacial score (nSPS) is 19.0. The van der Waals surface area contributed by atoms with Crippen molar-refractivity contribution in [3.63, 3.8) is 0 Å². The smallest absolute Gasteiger partial charge is 0.269 e. The van der Waals surface area contributed by atoms with Crippen molar-refractivity contribution < 1.29 is 14.0 Å². The molecule has 12 heavy (non-hydrogen) atoms. The van der Waals surface area contributed by atoms with Crippen LogP contribution in [-0.2, 0) is 9.63 Å². The van der Waals surface area contributed by atoms with Crippen LogP contribution in [0.15, 0.2) is 0 Å². The van der Waals surface area contributed by atoms with E-state index in [4.69, 9.17) is 6.42 Å². The number of amides is 1. The molecule has 1 aliphatic rings. The maximum absolute atomic E-state index is 13.2. The number of hydroxylamine groups is 1. The number of halogens is 1. The first-order valence-electron chi connectivity index (χ1n) is 3.74. The Morgan fingerprint density at radius 3 is 2.83 bits per heavy atom. The molecule has 1 N–H and O–H groups in total. The average molecular weight is 171 g/mol. The lowest BCUT2D eigenvalue weighted by molar-refractivity contribution is -0.150. The molecule has 3 nitrogen and oxygen atoms in total. The highest BCUT2D eigenvalue weighted by molar-refractivity contribution is 5.85. The molecule has 1 amide bonds. The van der Waals surface area contributed by atoms with Crippen LogP contribution >= 0.6 is 0 Å². The minimum absolute atomic E-state index is 0.0399. The molecule has 66 valence electrons. The highest BCUT2D eigenvalue weighted by Crippen LogP contribution is 2.35. The van der Waals surface area contributed by atoms with Crippen molar-refractivity contribution in [2.75, 3.05) is 6.61 Å². The number of nitrogens with one attached hydrogen (secondary N) is 1. The van der Waals surface area contributed by atoms with Gasteiger partial charge in [-0.15, -0.1) is 6.42 Å². The van der Waals surface area contributed by atoms with Crippen LogP contribution in [0.3, 0.4) is 0 Å².